The number of carbonyl (C=O) groups excluding carboxylic acids is 3. The number of aromatic nitrogens is 1. The first-order chi connectivity index (χ1) is 18.3. The number of fused-ring (bicyclic) bond motifs is 2. The molecule has 0 fully saturated rings. The molecule has 2 aromatic carbocycles. The minimum Gasteiger partial charge on any atom is -0.352 e. The van der Waals surface area contributed by atoms with Crippen LogP contribution in [0.3, 0.4) is 0 Å². The Hall–Kier alpha value is -3.65. The highest BCUT2D eigenvalue weighted by molar-refractivity contribution is 6.08. The maximum atomic E-state index is 13.4. The first kappa shape index (κ1) is 27.4. The molecule has 4 bridgehead atoms. The summed E-state index contributed by atoms with van der Waals surface area (Å²) in [5, 5.41) is 11.0. The minimum atomic E-state index is -0.806. The number of benzene rings is 2. The standard InChI is InChI=1S/C30H39N5O3/c1-19-8-4-5-9-21-11-13-27-23(16-21)24-17-22(12-14-28(24)35(27)3)18-26(33-20(2)36)30(38)34-25(29(37)32-19)10-6-7-15-31/h4-5,11-14,16-17,19,25-26H,6-10,15,18,31H2,1-3H3,(H,32,37)(H,33,36)(H,34,38)/t19-,25+,26?/m1/s1. The van der Waals surface area contributed by atoms with Gasteiger partial charge in [0.05, 0.1) is 0 Å². The number of nitrogens with zero attached hydrogens (tertiary/aromatic N) is 1. The molecule has 0 spiro atoms. The highest BCUT2D eigenvalue weighted by atomic mass is 16.2. The van der Waals surface area contributed by atoms with Gasteiger partial charge in [-0.05, 0) is 81.0 Å². The van der Waals surface area contributed by atoms with Gasteiger partial charge in [-0.1, -0.05) is 24.3 Å². The fourth-order valence-electron chi connectivity index (χ4n) is 5.21. The Bertz CT molecular complexity index is 1360. The van der Waals surface area contributed by atoms with Gasteiger partial charge in [0, 0.05) is 48.2 Å². The van der Waals surface area contributed by atoms with Crippen molar-refractivity contribution in [3.05, 3.63) is 59.7 Å². The average molecular weight is 518 g/mol. The molecular formula is C30H39N5O3. The van der Waals surface area contributed by atoms with Crippen LogP contribution in [-0.4, -0.2) is 47.0 Å². The molecule has 0 saturated carbocycles. The lowest BCUT2D eigenvalue weighted by Gasteiger charge is -2.24. The highest BCUT2D eigenvalue weighted by Gasteiger charge is 2.27. The topological polar surface area (TPSA) is 118 Å². The van der Waals surface area contributed by atoms with Gasteiger partial charge in [-0.3, -0.25) is 14.4 Å². The van der Waals surface area contributed by atoms with Gasteiger partial charge < -0.3 is 26.3 Å². The molecule has 1 aliphatic heterocycles. The second-order valence-electron chi connectivity index (χ2n) is 10.4. The fraction of sp³-hybridized carbons (Fsp3) is 0.433. The molecule has 0 radical (unpaired) electrons. The Morgan fingerprint density at radius 1 is 1.00 bits per heavy atom. The minimum absolute atomic E-state index is 0.0891. The van der Waals surface area contributed by atoms with Gasteiger partial charge in [0.1, 0.15) is 12.1 Å². The lowest BCUT2D eigenvalue weighted by atomic mass is 10.0. The van der Waals surface area contributed by atoms with Crippen LogP contribution >= 0.6 is 0 Å². The molecule has 3 atom stereocenters. The van der Waals surface area contributed by atoms with Crippen LogP contribution in [0.15, 0.2) is 48.6 Å². The molecule has 1 aromatic heterocycles. The van der Waals surface area contributed by atoms with Crippen molar-refractivity contribution >= 4 is 39.5 Å². The van der Waals surface area contributed by atoms with Crippen molar-refractivity contribution in [3.63, 3.8) is 0 Å². The van der Waals surface area contributed by atoms with Crippen molar-refractivity contribution in [2.45, 2.75) is 70.5 Å². The maximum absolute atomic E-state index is 13.4. The summed E-state index contributed by atoms with van der Waals surface area (Å²) in [7, 11) is 2.06. The van der Waals surface area contributed by atoms with Gasteiger partial charge in [-0.2, -0.15) is 0 Å². The Morgan fingerprint density at radius 3 is 2.37 bits per heavy atom. The zero-order valence-corrected chi connectivity index (χ0v) is 22.5. The average Bonchev–Trinajstić information content (AvgIpc) is 3.15. The predicted molar refractivity (Wildman–Crippen MR) is 152 cm³/mol. The third-order valence-electron chi connectivity index (χ3n) is 7.25. The summed E-state index contributed by atoms with van der Waals surface area (Å²) in [5.74, 6) is -0.894. The monoisotopic (exact) mass is 517 g/mol. The summed E-state index contributed by atoms with van der Waals surface area (Å²) in [6.45, 7) is 3.88. The van der Waals surface area contributed by atoms with Gasteiger partial charge in [0.25, 0.3) is 0 Å². The summed E-state index contributed by atoms with van der Waals surface area (Å²) in [6, 6.07) is 11.1. The van der Waals surface area contributed by atoms with Gasteiger partial charge in [0.15, 0.2) is 0 Å². The normalized spacial score (nSPS) is 21.0. The van der Waals surface area contributed by atoms with Crippen molar-refractivity contribution in [1.29, 1.82) is 0 Å². The van der Waals surface area contributed by atoms with Gasteiger partial charge in [-0.25, -0.2) is 0 Å². The Morgan fingerprint density at radius 2 is 1.68 bits per heavy atom. The fourth-order valence-corrected chi connectivity index (χ4v) is 5.21. The van der Waals surface area contributed by atoms with E-state index in [-0.39, 0.29) is 23.8 Å². The molecule has 8 heteroatoms. The van der Waals surface area contributed by atoms with Crippen LogP contribution in [0.2, 0.25) is 0 Å². The molecule has 38 heavy (non-hydrogen) atoms. The number of rotatable bonds is 5. The van der Waals surface area contributed by atoms with Crippen molar-refractivity contribution in [2.75, 3.05) is 6.54 Å². The molecular weight excluding hydrogens is 478 g/mol. The Kier molecular flexibility index (Phi) is 8.84. The zero-order chi connectivity index (χ0) is 27.2. The van der Waals surface area contributed by atoms with E-state index in [9.17, 15) is 14.4 Å². The van der Waals surface area contributed by atoms with Crippen molar-refractivity contribution < 1.29 is 14.4 Å². The van der Waals surface area contributed by atoms with E-state index in [0.29, 0.717) is 32.2 Å². The second-order valence-corrected chi connectivity index (χ2v) is 10.4. The largest absolute Gasteiger partial charge is 0.352 e. The van der Waals surface area contributed by atoms with Crippen LogP contribution < -0.4 is 21.7 Å². The first-order valence-electron chi connectivity index (χ1n) is 13.5. The van der Waals surface area contributed by atoms with Crippen molar-refractivity contribution in [3.8, 4) is 0 Å². The van der Waals surface area contributed by atoms with E-state index in [1.54, 1.807) is 0 Å². The van der Waals surface area contributed by atoms with Crippen LogP contribution in [0.25, 0.3) is 21.8 Å². The number of hydrogen-bond acceptors (Lipinski definition) is 4. The highest BCUT2D eigenvalue weighted by Crippen LogP contribution is 2.30. The van der Waals surface area contributed by atoms with Crippen LogP contribution in [0.5, 0.6) is 0 Å². The van der Waals surface area contributed by atoms with E-state index in [0.717, 1.165) is 40.2 Å². The summed E-state index contributed by atoms with van der Waals surface area (Å²) < 4.78 is 2.18. The van der Waals surface area contributed by atoms with E-state index in [1.165, 1.54) is 12.5 Å². The summed E-state index contributed by atoms with van der Waals surface area (Å²) >= 11 is 0. The molecule has 8 nitrogen and oxygen atoms in total. The first-order valence-corrected chi connectivity index (χ1v) is 13.5. The molecule has 3 aromatic rings. The lowest BCUT2D eigenvalue weighted by molar-refractivity contribution is -0.132. The number of hydrogen-bond donors (Lipinski definition) is 4. The van der Waals surface area contributed by atoms with E-state index >= 15 is 0 Å². The van der Waals surface area contributed by atoms with Gasteiger partial charge in [-0.15, -0.1) is 0 Å². The molecule has 0 aliphatic carbocycles. The van der Waals surface area contributed by atoms with E-state index in [4.69, 9.17) is 5.73 Å². The lowest BCUT2D eigenvalue weighted by Crippen LogP contribution is -2.55. The molecule has 202 valence electrons. The van der Waals surface area contributed by atoms with E-state index < -0.39 is 12.1 Å². The van der Waals surface area contributed by atoms with Crippen LogP contribution in [0, 0.1) is 0 Å². The SMILES string of the molecule is CC(=O)NC1Cc2ccc3c(c2)c2cc(ccc2n3C)CC=CC[C@@H](C)NC(=O)[C@H](CCCCN)NC1=O. The number of allylic oxidation sites excluding steroid dienone is 1. The molecule has 4 rings (SSSR count). The molecule has 2 heterocycles. The summed E-state index contributed by atoms with van der Waals surface area (Å²) in [4.78, 5) is 38.6. The molecule has 1 unspecified atom stereocenters. The van der Waals surface area contributed by atoms with Crippen LogP contribution in [0.4, 0.5) is 0 Å². The van der Waals surface area contributed by atoms with E-state index in [1.807, 2.05) is 13.0 Å². The van der Waals surface area contributed by atoms with Crippen LogP contribution in [-0.2, 0) is 34.3 Å². The number of unbranched alkanes of at least 4 members (excludes halogenated alkanes) is 1. The van der Waals surface area contributed by atoms with E-state index in [2.05, 4.69) is 70.0 Å². The summed E-state index contributed by atoms with van der Waals surface area (Å²) in [6.07, 6.45) is 7.99. The Labute approximate surface area is 224 Å². The molecule has 5 N–H and O–H groups in total. The third-order valence-corrected chi connectivity index (χ3v) is 7.25. The third kappa shape index (κ3) is 6.42. The quantitative estimate of drug-likeness (QED) is 0.307. The van der Waals surface area contributed by atoms with Crippen molar-refractivity contribution in [1.82, 2.24) is 20.5 Å². The molecule has 3 amide bonds. The van der Waals surface area contributed by atoms with Gasteiger partial charge >= 0.3 is 0 Å². The van der Waals surface area contributed by atoms with Crippen LogP contribution in [0.1, 0.15) is 50.7 Å². The number of aryl methyl sites for hydroxylation is 1. The smallest absolute Gasteiger partial charge is 0.243 e. The second kappa shape index (κ2) is 12.3. The molecule has 1 aliphatic rings. The number of nitrogens with one attached hydrogen (secondary N) is 3. The van der Waals surface area contributed by atoms with Gasteiger partial charge in [0.2, 0.25) is 17.7 Å². The number of carbonyl (C=O) groups is 3. The maximum Gasteiger partial charge on any atom is 0.243 e. The zero-order valence-electron chi connectivity index (χ0n) is 22.5. The predicted octanol–water partition coefficient (Wildman–Crippen LogP) is 3.00. The number of nitrogens with two attached hydrogens (primary N) is 1. The number of amides is 3. The van der Waals surface area contributed by atoms with Crippen molar-refractivity contribution in [2.24, 2.45) is 12.8 Å². The Balaban J connectivity index is 1.74. The molecule has 0 saturated heterocycles. The summed E-state index contributed by atoms with van der Waals surface area (Å²) in [5.41, 5.74) is 10.1.